The van der Waals surface area contributed by atoms with Gasteiger partial charge < -0.3 is 5.11 Å². The molecule has 10 heteroatoms. The summed E-state index contributed by atoms with van der Waals surface area (Å²) in [6.45, 7) is -1.20. The van der Waals surface area contributed by atoms with Gasteiger partial charge in [0.25, 0.3) is 0 Å². The van der Waals surface area contributed by atoms with Crippen molar-refractivity contribution in [3.05, 3.63) is 24.0 Å². The zero-order chi connectivity index (χ0) is 14.7. The number of nitrogens with zero attached hydrogens (tertiary/aromatic N) is 2. The van der Waals surface area contributed by atoms with Crippen molar-refractivity contribution >= 4 is 10.0 Å². The SMILES string of the molecule is N#Cc1ccc(S(=O)(=O)NCC(O)C(F)(F)F)cn1. The second kappa shape index (κ2) is 5.52. The Hall–Kier alpha value is -1.70. The van der Waals surface area contributed by atoms with Crippen LogP contribution in [0.15, 0.2) is 23.2 Å². The molecule has 0 aromatic carbocycles. The first-order valence-corrected chi connectivity index (χ1v) is 6.26. The molecule has 1 atom stereocenters. The van der Waals surface area contributed by atoms with Crippen molar-refractivity contribution in [3.8, 4) is 6.07 Å². The number of sulfonamides is 1. The van der Waals surface area contributed by atoms with Crippen molar-refractivity contribution in [1.82, 2.24) is 9.71 Å². The van der Waals surface area contributed by atoms with Gasteiger partial charge in [-0.3, -0.25) is 0 Å². The molecular weight excluding hydrogens is 287 g/mol. The second-order valence-electron chi connectivity index (χ2n) is 3.40. The summed E-state index contributed by atoms with van der Waals surface area (Å²) in [5.74, 6) is 0. The Labute approximate surface area is 106 Å². The van der Waals surface area contributed by atoms with E-state index in [-0.39, 0.29) is 5.69 Å². The monoisotopic (exact) mass is 295 g/mol. The van der Waals surface area contributed by atoms with E-state index in [9.17, 15) is 21.6 Å². The molecule has 2 N–H and O–H groups in total. The van der Waals surface area contributed by atoms with Gasteiger partial charge in [0.05, 0.1) is 0 Å². The average Bonchev–Trinajstić information content (AvgIpc) is 2.35. The van der Waals surface area contributed by atoms with E-state index in [1.165, 1.54) is 0 Å². The standard InChI is InChI=1S/C9H8F3N3O3S/c10-9(11,12)8(16)5-15-19(17,18)7-2-1-6(3-13)14-4-7/h1-2,4,8,15-16H,5H2. The van der Waals surface area contributed by atoms with Gasteiger partial charge in [-0.15, -0.1) is 0 Å². The van der Waals surface area contributed by atoms with Gasteiger partial charge >= 0.3 is 6.18 Å². The summed E-state index contributed by atoms with van der Waals surface area (Å²) in [5, 5.41) is 17.1. The van der Waals surface area contributed by atoms with Crippen LogP contribution in [-0.2, 0) is 10.0 Å². The average molecular weight is 295 g/mol. The summed E-state index contributed by atoms with van der Waals surface area (Å²) in [6, 6.07) is 3.79. The second-order valence-corrected chi connectivity index (χ2v) is 5.17. The molecule has 0 bridgehead atoms. The molecule has 0 radical (unpaired) electrons. The molecule has 0 saturated carbocycles. The third-order valence-corrected chi connectivity index (χ3v) is 3.41. The zero-order valence-corrected chi connectivity index (χ0v) is 10.0. The third kappa shape index (κ3) is 4.16. The maximum absolute atomic E-state index is 12.0. The van der Waals surface area contributed by atoms with Crippen LogP contribution in [0.1, 0.15) is 5.69 Å². The van der Waals surface area contributed by atoms with E-state index in [1.807, 2.05) is 0 Å². The Morgan fingerprint density at radius 1 is 1.47 bits per heavy atom. The van der Waals surface area contributed by atoms with E-state index < -0.39 is 33.7 Å². The highest BCUT2D eigenvalue weighted by atomic mass is 32.2. The highest BCUT2D eigenvalue weighted by Crippen LogP contribution is 2.19. The van der Waals surface area contributed by atoms with E-state index >= 15 is 0 Å². The van der Waals surface area contributed by atoms with Gasteiger partial charge in [-0.2, -0.15) is 18.4 Å². The molecule has 0 aliphatic carbocycles. The van der Waals surface area contributed by atoms with Crippen molar-refractivity contribution in [2.45, 2.75) is 17.2 Å². The molecule has 0 fully saturated rings. The normalized spacial score (nSPS) is 13.8. The molecule has 0 spiro atoms. The Bertz CT molecular complexity index is 577. The van der Waals surface area contributed by atoms with E-state index in [2.05, 4.69) is 4.98 Å². The summed E-state index contributed by atoms with van der Waals surface area (Å²) >= 11 is 0. The van der Waals surface area contributed by atoms with Crippen LogP contribution in [-0.4, -0.2) is 37.3 Å². The van der Waals surface area contributed by atoms with E-state index in [1.54, 1.807) is 10.8 Å². The Kier molecular flexibility index (Phi) is 4.46. The quantitative estimate of drug-likeness (QED) is 0.823. The third-order valence-electron chi connectivity index (χ3n) is 2.01. The topological polar surface area (TPSA) is 103 Å². The summed E-state index contributed by atoms with van der Waals surface area (Å²) in [6.07, 6.45) is -6.87. The molecule has 0 amide bonds. The lowest BCUT2D eigenvalue weighted by Gasteiger charge is -2.15. The van der Waals surface area contributed by atoms with Gasteiger partial charge in [-0.1, -0.05) is 0 Å². The number of aromatic nitrogens is 1. The predicted octanol–water partition coefficient (Wildman–Crippen LogP) is 0.155. The van der Waals surface area contributed by atoms with Crippen LogP contribution in [0.4, 0.5) is 13.2 Å². The molecule has 6 nitrogen and oxygen atoms in total. The summed E-state index contributed by atoms with van der Waals surface area (Å²) in [5.41, 5.74) is -0.0331. The fourth-order valence-corrected chi connectivity index (χ4v) is 1.98. The van der Waals surface area contributed by atoms with E-state index in [0.29, 0.717) is 0 Å². The number of aliphatic hydroxyl groups is 1. The molecule has 1 heterocycles. The lowest BCUT2D eigenvalue weighted by Crippen LogP contribution is -2.40. The minimum atomic E-state index is -4.91. The number of hydrogen-bond donors (Lipinski definition) is 2. The van der Waals surface area contributed by atoms with Crippen LogP contribution in [0.2, 0.25) is 0 Å². The Morgan fingerprint density at radius 3 is 2.53 bits per heavy atom. The number of halogens is 3. The predicted molar refractivity (Wildman–Crippen MR) is 56.2 cm³/mol. The van der Waals surface area contributed by atoms with Crippen LogP contribution >= 0.6 is 0 Å². The molecule has 1 rings (SSSR count). The minimum Gasteiger partial charge on any atom is -0.382 e. The summed E-state index contributed by atoms with van der Waals surface area (Å²) in [4.78, 5) is 3.07. The fraction of sp³-hybridized carbons (Fsp3) is 0.333. The van der Waals surface area contributed by atoms with Crippen molar-refractivity contribution in [2.24, 2.45) is 0 Å². The van der Waals surface area contributed by atoms with Gasteiger partial charge in [0, 0.05) is 12.7 Å². The smallest absolute Gasteiger partial charge is 0.382 e. The highest BCUT2D eigenvalue weighted by Gasteiger charge is 2.38. The molecule has 0 saturated heterocycles. The van der Waals surface area contributed by atoms with Gasteiger partial charge in [0.2, 0.25) is 10.0 Å². The van der Waals surface area contributed by atoms with Crippen LogP contribution in [0.3, 0.4) is 0 Å². The molecule has 1 unspecified atom stereocenters. The number of aliphatic hydroxyl groups excluding tert-OH is 1. The molecule has 1 aromatic heterocycles. The van der Waals surface area contributed by atoms with Crippen molar-refractivity contribution < 1.29 is 26.7 Å². The largest absolute Gasteiger partial charge is 0.415 e. The number of rotatable bonds is 4. The van der Waals surface area contributed by atoms with E-state index in [4.69, 9.17) is 10.4 Å². The maximum Gasteiger partial charge on any atom is 0.415 e. The van der Waals surface area contributed by atoms with Crippen molar-refractivity contribution in [2.75, 3.05) is 6.54 Å². The van der Waals surface area contributed by atoms with Gasteiger partial charge in [-0.25, -0.2) is 18.1 Å². The Balaban J connectivity index is 2.79. The van der Waals surface area contributed by atoms with Crippen LogP contribution in [0.25, 0.3) is 0 Å². The van der Waals surface area contributed by atoms with Crippen LogP contribution in [0, 0.1) is 11.3 Å². The summed E-state index contributed by atoms with van der Waals surface area (Å²) in [7, 11) is -4.22. The first kappa shape index (κ1) is 15.4. The number of pyridine rings is 1. The van der Waals surface area contributed by atoms with Crippen molar-refractivity contribution in [3.63, 3.8) is 0 Å². The number of alkyl halides is 3. The molecule has 1 aromatic rings. The number of nitriles is 1. The maximum atomic E-state index is 12.0. The van der Waals surface area contributed by atoms with Gasteiger partial charge in [-0.05, 0) is 12.1 Å². The fourth-order valence-electron chi connectivity index (χ4n) is 0.993. The molecular formula is C9H8F3N3O3S. The first-order valence-electron chi connectivity index (χ1n) is 4.77. The molecule has 19 heavy (non-hydrogen) atoms. The van der Waals surface area contributed by atoms with Crippen molar-refractivity contribution in [1.29, 1.82) is 5.26 Å². The zero-order valence-electron chi connectivity index (χ0n) is 9.22. The highest BCUT2D eigenvalue weighted by molar-refractivity contribution is 7.89. The number of hydrogen-bond acceptors (Lipinski definition) is 5. The van der Waals surface area contributed by atoms with E-state index in [0.717, 1.165) is 18.3 Å². The lowest BCUT2D eigenvalue weighted by atomic mass is 10.4. The Morgan fingerprint density at radius 2 is 2.11 bits per heavy atom. The molecule has 104 valence electrons. The lowest BCUT2D eigenvalue weighted by molar-refractivity contribution is -0.200. The minimum absolute atomic E-state index is 0.0331. The van der Waals surface area contributed by atoms with Crippen LogP contribution in [0.5, 0.6) is 0 Å². The number of nitrogens with one attached hydrogen (secondary N) is 1. The first-order chi connectivity index (χ1) is 8.66. The summed E-state index contributed by atoms with van der Waals surface area (Å²) < 4.78 is 60.7. The van der Waals surface area contributed by atoms with Crippen LogP contribution < -0.4 is 4.72 Å². The van der Waals surface area contributed by atoms with Gasteiger partial charge in [0.1, 0.15) is 16.7 Å². The molecule has 0 aliphatic rings. The van der Waals surface area contributed by atoms with Gasteiger partial charge in [0.15, 0.2) is 6.10 Å². The molecule has 0 aliphatic heterocycles.